The fourth-order valence-electron chi connectivity index (χ4n) is 2.57. The molecule has 0 unspecified atom stereocenters. The number of nitrogens with zero attached hydrogens (tertiary/aromatic N) is 2. The molecular formula is C15H17BrN2O3. The van der Waals surface area contributed by atoms with Gasteiger partial charge in [0, 0.05) is 25.0 Å². The van der Waals surface area contributed by atoms with Crippen LogP contribution in [0.1, 0.15) is 11.3 Å². The molecule has 1 fully saturated rings. The summed E-state index contributed by atoms with van der Waals surface area (Å²) in [4.78, 5) is 6.66. The Morgan fingerprint density at radius 2 is 2.05 bits per heavy atom. The van der Waals surface area contributed by atoms with E-state index < -0.39 is 0 Å². The monoisotopic (exact) mass is 352 g/mol. The summed E-state index contributed by atoms with van der Waals surface area (Å²) >= 11 is 3.38. The minimum absolute atomic E-state index is 0.117. The van der Waals surface area contributed by atoms with Gasteiger partial charge in [-0.05, 0) is 33.6 Å². The van der Waals surface area contributed by atoms with E-state index in [1.807, 2.05) is 12.1 Å². The number of ether oxygens (including phenoxy) is 1. The van der Waals surface area contributed by atoms with Crippen LogP contribution < -0.4 is 0 Å². The number of aromatic nitrogens is 1. The van der Waals surface area contributed by atoms with E-state index in [0.717, 1.165) is 43.8 Å². The molecule has 2 N–H and O–H groups in total. The van der Waals surface area contributed by atoms with Gasteiger partial charge in [0.15, 0.2) is 5.75 Å². The average Bonchev–Trinajstić information content (AvgIpc) is 2.53. The Morgan fingerprint density at radius 3 is 2.76 bits per heavy atom. The molecule has 0 bridgehead atoms. The lowest BCUT2D eigenvalue weighted by molar-refractivity contribution is 0.0343. The SMILES string of the molecule is OCc1ccc2c(CN3CCOCC3)cc(Br)c(O)c2n1. The summed E-state index contributed by atoms with van der Waals surface area (Å²) in [5.41, 5.74) is 2.18. The fraction of sp³-hybridized carbons (Fsp3) is 0.400. The zero-order valence-electron chi connectivity index (χ0n) is 11.5. The van der Waals surface area contributed by atoms with Crippen molar-refractivity contribution in [2.24, 2.45) is 0 Å². The van der Waals surface area contributed by atoms with Crippen molar-refractivity contribution in [3.05, 3.63) is 33.9 Å². The maximum Gasteiger partial charge on any atom is 0.156 e. The highest BCUT2D eigenvalue weighted by Crippen LogP contribution is 2.34. The van der Waals surface area contributed by atoms with Gasteiger partial charge in [-0.15, -0.1) is 0 Å². The summed E-state index contributed by atoms with van der Waals surface area (Å²) in [5, 5.41) is 20.3. The molecule has 0 atom stereocenters. The van der Waals surface area contributed by atoms with Crippen LogP contribution in [0.5, 0.6) is 5.75 Å². The van der Waals surface area contributed by atoms with Gasteiger partial charge in [0.25, 0.3) is 0 Å². The van der Waals surface area contributed by atoms with E-state index in [4.69, 9.17) is 4.74 Å². The standard InChI is InChI=1S/C15H17BrN2O3/c16-13-7-10(8-18-3-5-21-6-4-18)12-2-1-11(9-19)17-14(12)15(13)20/h1-2,7,19-20H,3-6,8-9H2. The fourth-order valence-corrected chi connectivity index (χ4v) is 3.03. The highest BCUT2D eigenvalue weighted by Gasteiger charge is 2.16. The Balaban J connectivity index is 2.03. The Hall–Kier alpha value is -1.21. The highest BCUT2D eigenvalue weighted by atomic mass is 79.9. The van der Waals surface area contributed by atoms with Crippen molar-refractivity contribution in [2.45, 2.75) is 13.2 Å². The number of aromatic hydroxyl groups is 1. The highest BCUT2D eigenvalue weighted by molar-refractivity contribution is 9.10. The molecule has 1 aromatic heterocycles. The van der Waals surface area contributed by atoms with Crippen molar-refractivity contribution < 1.29 is 14.9 Å². The molecule has 0 radical (unpaired) electrons. The van der Waals surface area contributed by atoms with Gasteiger partial charge in [0.2, 0.25) is 0 Å². The lowest BCUT2D eigenvalue weighted by Crippen LogP contribution is -2.35. The van der Waals surface area contributed by atoms with E-state index in [0.29, 0.717) is 15.7 Å². The molecule has 2 aromatic rings. The molecule has 0 amide bonds. The van der Waals surface area contributed by atoms with E-state index in [2.05, 4.69) is 25.8 Å². The van der Waals surface area contributed by atoms with Gasteiger partial charge >= 0.3 is 0 Å². The van der Waals surface area contributed by atoms with Crippen LogP contribution in [0.4, 0.5) is 0 Å². The van der Waals surface area contributed by atoms with Crippen LogP contribution in [0.2, 0.25) is 0 Å². The van der Waals surface area contributed by atoms with Crippen LogP contribution >= 0.6 is 15.9 Å². The number of aliphatic hydroxyl groups is 1. The molecule has 5 nitrogen and oxygen atoms in total. The van der Waals surface area contributed by atoms with Gasteiger partial charge in [-0.3, -0.25) is 4.90 Å². The summed E-state index contributed by atoms with van der Waals surface area (Å²) in [6, 6.07) is 5.64. The van der Waals surface area contributed by atoms with Crippen LogP contribution in [0.3, 0.4) is 0 Å². The Morgan fingerprint density at radius 1 is 1.29 bits per heavy atom. The molecule has 3 rings (SSSR count). The first-order chi connectivity index (χ1) is 10.2. The zero-order valence-corrected chi connectivity index (χ0v) is 13.1. The molecule has 2 heterocycles. The minimum Gasteiger partial charge on any atom is -0.505 e. The Kier molecular flexibility index (Phi) is 4.40. The van der Waals surface area contributed by atoms with E-state index in [-0.39, 0.29) is 12.4 Å². The summed E-state index contributed by atoms with van der Waals surface area (Å²) < 4.78 is 5.99. The van der Waals surface area contributed by atoms with Crippen LogP contribution in [-0.4, -0.2) is 46.4 Å². The second kappa shape index (κ2) is 6.27. The van der Waals surface area contributed by atoms with Gasteiger partial charge in [0.1, 0.15) is 5.52 Å². The lowest BCUT2D eigenvalue weighted by Gasteiger charge is -2.27. The summed E-state index contributed by atoms with van der Waals surface area (Å²) in [5.74, 6) is 0.117. The number of aliphatic hydroxyl groups excluding tert-OH is 1. The van der Waals surface area contributed by atoms with Crippen molar-refractivity contribution in [1.29, 1.82) is 0 Å². The topological polar surface area (TPSA) is 65.8 Å². The molecule has 0 aliphatic carbocycles. The number of fused-ring (bicyclic) bond motifs is 1. The minimum atomic E-state index is -0.138. The summed E-state index contributed by atoms with van der Waals surface area (Å²) in [7, 11) is 0. The number of rotatable bonds is 3. The number of halogens is 1. The van der Waals surface area contributed by atoms with Crippen molar-refractivity contribution >= 4 is 26.8 Å². The predicted octanol–water partition coefficient (Wildman–Crippen LogP) is 2.03. The van der Waals surface area contributed by atoms with Crippen molar-refractivity contribution in [3.8, 4) is 5.75 Å². The average molecular weight is 353 g/mol. The molecule has 6 heteroatoms. The third kappa shape index (κ3) is 3.03. The summed E-state index contributed by atoms with van der Waals surface area (Å²) in [6.07, 6.45) is 0. The van der Waals surface area contributed by atoms with Crippen LogP contribution in [0.15, 0.2) is 22.7 Å². The molecule has 1 saturated heterocycles. The van der Waals surface area contributed by atoms with Crippen molar-refractivity contribution in [3.63, 3.8) is 0 Å². The number of hydrogen-bond donors (Lipinski definition) is 2. The zero-order chi connectivity index (χ0) is 14.8. The van der Waals surface area contributed by atoms with E-state index >= 15 is 0 Å². The van der Waals surface area contributed by atoms with Gasteiger partial charge in [-0.1, -0.05) is 6.07 Å². The maximum atomic E-state index is 10.2. The van der Waals surface area contributed by atoms with Gasteiger partial charge in [-0.2, -0.15) is 0 Å². The summed E-state index contributed by atoms with van der Waals surface area (Å²) in [6.45, 7) is 3.97. The molecular weight excluding hydrogens is 336 g/mol. The first-order valence-electron chi connectivity index (χ1n) is 6.90. The first kappa shape index (κ1) is 14.7. The number of benzene rings is 1. The third-order valence-corrected chi connectivity index (χ3v) is 4.31. The van der Waals surface area contributed by atoms with E-state index in [1.54, 1.807) is 6.07 Å². The molecule has 1 aliphatic heterocycles. The second-order valence-electron chi connectivity index (χ2n) is 5.11. The van der Waals surface area contributed by atoms with Gasteiger partial charge < -0.3 is 14.9 Å². The first-order valence-corrected chi connectivity index (χ1v) is 7.69. The molecule has 0 spiro atoms. The maximum absolute atomic E-state index is 10.2. The van der Waals surface area contributed by atoms with Crippen LogP contribution in [-0.2, 0) is 17.9 Å². The normalized spacial score (nSPS) is 16.5. The molecule has 112 valence electrons. The molecule has 1 aromatic carbocycles. The Labute approximate surface area is 131 Å². The van der Waals surface area contributed by atoms with E-state index in [9.17, 15) is 10.2 Å². The third-order valence-electron chi connectivity index (χ3n) is 3.71. The number of phenolic OH excluding ortho intramolecular Hbond substituents is 1. The quantitative estimate of drug-likeness (QED) is 0.884. The van der Waals surface area contributed by atoms with Crippen LogP contribution in [0.25, 0.3) is 10.9 Å². The smallest absolute Gasteiger partial charge is 0.156 e. The van der Waals surface area contributed by atoms with Gasteiger partial charge in [0.05, 0.1) is 30.0 Å². The number of hydrogen-bond acceptors (Lipinski definition) is 5. The Bertz CT molecular complexity index is 657. The van der Waals surface area contributed by atoms with Crippen molar-refractivity contribution in [2.75, 3.05) is 26.3 Å². The lowest BCUT2D eigenvalue weighted by atomic mass is 10.1. The second-order valence-corrected chi connectivity index (χ2v) is 5.97. The van der Waals surface area contributed by atoms with Crippen LogP contribution in [0, 0.1) is 0 Å². The largest absolute Gasteiger partial charge is 0.505 e. The molecule has 1 aliphatic rings. The number of pyridine rings is 1. The molecule has 21 heavy (non-hydrogen) atoms. The molecule has 0 saturated carbocycles. The number of phenols is 1. The number of morpholine rings is 1. The predicted molar refractivity (Wildman–Crippen MR) is 83.1 cm³/mol. The van der Waals surface area contributed by atoms with Crippen molar-refractivity contribution in [1.82, 2.24) is 9.88 Å². The van der Waals surface area contributed by atoms with E-state index in [1.165, 1.54) is 0 Å². The van der Waals surface area contributed by atoms with Gasteiger partial charge in [-0.25, -0.2) is 4.98 Å².